The number of benzene rings is 3. The molecule has 0 unspecified atom stereocenters. The highest BCUT2D eigenvalue weighted by molar-refractivity contribution is 5.94. The second kappa shape index (κ2) is 8.41. The van der Waals surface area contributed by atoms with Crippen LogP contribution in [-0.2, 0) is 6.54 Å². The molecule has 0 fully saturated rings. The Morgan fingerprint density at radius 3 is 2.44 bits per heavy atom. The number of para-hydroxylation sites is 1. The van der Waals surface area contributed by atoms with Gasteiger partial charge in [-0.15, -0.1) is 0 Å². The summed E-state index contributed by atoms with van der Waals surface area (Å²) in [4.78, 5) is 14.0. The van der Waals surface area contributed by atoms with Crippen LogP contribution in [0.15, 0.2) is 103 Å². The summed E-state index contributed by atoms with van der Waals surface area (Å²) in [5, 5.41) is 5.31. The molecule has 3 aromatic carbocycles. The van der Waals surface area contributed by atoms with Crippen molar-refractivity contribution in [3.05, 3.63) is 115 Å². The van der Waals surface area contributed by atoms with Crippen molar-refractivity contribution in [2.24, 2.45) is 0 Å². The van der Waals surface area contributed by atoms with Gasteiger partial charge in [0.2, 0.25) is 0 Å². The van der Waals surface area contributed by atoms with Crippen LogP contribution < -0.4 is 5.32 Å². The Kier molecular flexibility index (Phi) is 4.96. The van der Waals surface area contributed by atoms with Crippen LogP contribution in [0.2, 0.25) is 0 Å². The molecule has 0 aliphatic heterocycles. The molecule has 1 N–H and O–H groups in total. The first-order chi connectivity index (χ1) is 16.8. The van der Waals surface area contributed by atoms with Gasteiger partial charge in [-0.1, -0.05) is 54.6 Å². The van der Waals surface area contributed by atoms with Gasteiger partial charge in [0.25, 0.3) is 0 Å². The summed E-state index contributed by atoms with van der Waals surface area (Å²) < 4.78 is 16.6. The third-order valence-corrected chi connectivity index (χ3v) is 5.85. The average Bonchev–Trinajstić information content (AvgIpc) is 3.32. The zero-order valence-electron chi connectivity index (χ0n) is 18.2. The standard InChI is InChI=1S/C28H20FN5/c29-23-12-6-4-10-20(23)27-32-24-13-7-5-11-21(24)28(33-27)34-17-15-22-25(34)14-16-30-26(22)31-18-19-8-2-1-3-9-19/h1-17H,18H2,(H,30,31). The van der Waals surface area contributed by atoms with E-state index in [1.165, 1.54) is 11.6 Å². The minimum atomic E-state index is -0.349. The second-order valence-electron chi connectivity index (χ2n) is 7.99. The molecule has 164 valence electrons. The molecule has 0 radical (unpaired) electrons. The first-order valence-corrected chi connectivity index (χ1v) is 11.0. The maximum Gasteiger partial charge on any atom is 0.165 e. The minimum Gasteiger partial charge on any atom is -0.365 e. The highest BCUT2D eigenvalue weighted by Gasteiger charge is 2.16. The molecular weight excluding hydrogens is 425 g/mol. The van der Waals surface area contributed by atoms with Gasteiger partial charge >= 0.3 is 0 Å². The zero-order chi connectivity index (χ0) is 22.9. The predicted molar refractivity (Wildman–Crippen MR) is 133 cm³/mol. The third kappa shape index (κ3) is 3.55. The van der Waals surface area contributed by atoms with Crippen LogP contribution in [0.4, 0.5) is 10.2 Å². The highest BCUT2D eigenvalue weighted by Crippen LogP contribution is 2.30. The monoisotopic (exact) mass is 445 g/mol. The number of hydrogen-bond donors (Lipinski definition) is 1. The first-order valence-electron chi connectivity index (χ1n) is 11.0. The van der Waals surface area contributed by atoms with E-state index in [9.17, 15) is 4.39 Å². The molecule has 3 heterocycles. The van der Waals surface area contributed by atoms with Gasteiger partial charge in [-0.3, -0.25) is 0 Å². The van der Waals surface area contributed by atoms with Crippen molar-refractivity contribution in [2.45, 2.75) is 6.54 Å². The Morgan fingerprint density at radius 2 is 1.56 bits per heavy atom. The smallest absolute Gasteiger partial charge is 0.165 e. The van der Waals surface area contributed by atoms with Gasteiger partial charge in [0, 0.05) is 29.7 Å². The summed E-state index contributed by atoms with van der Waals surface area (Å²) in [6, 6.07) is 28.6. The van der Waals surface area contributed by atoms with E-state index in [1.54, 1.807) is 24.4 Å². The van der Waals surface area contributed by atoms with Gasteiger partial charge in [0.05, 0.1) is 16.6 Å². The summed E-state index contributed by atoms with van der Waals surface area (Å²) in [5.41, 5.74) is 3.26. The quantitative estimate of drug-likeness (QED) is 0.334. The lowest BCUT2D eigenvalue weighted by Gasteiger charge is -2.12. The molecular formula is C28H20FN5. The normalized spacial score (nSPS) is 11.2. The van der Waals surface area contributed by atoms with E-state index in [4.69, 9.17) is 4.98 Å². The van der Waals surface area contributed by atoms with E-state index in [1.807, 2.05) is 65.4 Å². The van der Waals surface area contributed by atoms with Crippen molar-refractivity contribution >= 4 is 27.6 Å². The van der Waals surface area contributed by atoms with Crippen molar-refractivity contribution in [1.29, 1.82) is 0 Å². The number of hydrogen-bond acceptors (Lipinski definition) is 4. The minimum absolute atomic E-state index is 0.349. The third-order valence-electron chi connectivity index (χ3n) is 5.85. The molecule has 0 atom stereocenters. The van der Waals surface area contributed by atoms with Crippen molar-refractivity contribution in [2.75, 3.05) is 5.32 Å². The molecule has 0 bridgehead atoms. The molecule has 0 spiro atoms. The van der Waals surface area contributed by atoms with E-state index in [0.29, 0.717) is 23.8 Å². The van der Waals surface area contributed by atoms with Gasteiger partial charge in [0.15, 0.2) is 5.82 Å². The summed E-state index contributed by atoms with van der Waals surface area (Å²) in [7, 11) is 0. The van der Waals surface area contributed by atoms with E-state index in [-0.39, 0.29) is 5.82 Å². The Labute approximate surface area is 195 Å². The summed E-state index contributed by atoms with van der Waals surface area (Å²) in [6.45, 7) is 0.673. The average molecular weight is 446 g/mol. The van der Waals surface area contributed by atoms with E-state index in [2.05, 4.69) is 27.4 Å². The van der Waals surface area contributed by atoms with Crippen LogP contribution >= 0.6 is 0 Å². The Balaban J connectivity index is 1.49. The second-order valence-corrected chi connectivity index (χ2v) is 7.99. The van der Waals surface area contributed by atoms with Crippen LogP contribution in [0.25, 0.3) is 39.0 Å². The number of nitrogens with zero attached hydrogens (tertiary/aromatic N) is 4. The zero-order valence-corrected chi connectivity index (χ0v) is 18.2. The SMILES string of the molecule is Fc1ccccc1-c1nc(-n2ccc3c(NCc4ccccc4)nccc32)c2ccccc2n1. The van der Waals surface area contributed by atoms with E-state index >= 15 is 0 Å². The molecule has 6 aromatic rings. The molecule has 5 nitrogen and oxygen atoms in total. The van der Waals surface area contributed by atoms with E-state index < -0.39 is 0 Å². The number of fused-ring (bicyclic) bond motifs is 2. The van der Waals surface area contributed by atoms with Crippen LogP contribution in [0.1, 0.15) is 5.56 Å². The molecule has 0 saturated carbocycles. The van der Waals surface area contributed by atoms with Crippen molar-refractivity contribution < 1.29 is 4.39 Å². The number of nitrogens with one attached hydrogen (secondary N) is 1. The molecule has 3 aromatic heterocycles. The number of anilines is 1. The molecule has 0 saturated heterocycles. The maximum absolute atomic E-state index is 14.6. The summed E-state index contributed by atoms with van der Waals surface area (Å²) in [6.07, 6.45) is 3.76. The molecule has 0 amide bonds. The van der Waals surface area contributed by atoms with Gasteiger partial charge in [0.1, 0.15) is 17.5 Å². The number of aromatic nitrogens is 4. The van der Waals surface area contributed by atoms with Gasteiger partial charge in [-0.25, -0.2) is 19.3 Å². The Bertz CT molecular complexity index is 1630. The largest absolute Gasteiger partial charge is 0.365 e. The molecule has 0 aliphatic carbocycles. The van der Waals surface area contributed by atoms with Gasteiger partial charge < -0.3 is 9.88 Å². The molecule has 0 aliphatic rings. The topological polar surface area (TPSA) is 55.6 Å². The number of pyridine rings is 1. The van der Waals surface area contributed by atoms with Crippen LogP contribution in [0.3, 0.4) is 0 Å². The fourth-order valence-corrected chi connectivity index (χ4v) is 4.18. The van der Waals surface area contributed by atoms with Crippen molar-refractivity contribution in [1.82, 2.24) is 19.5 Å². The van der Waals surface area contributed by atoms with Crippen LogP contribution in [0, 0.1) is 5.82 Å². The highest BCUT2D eigenvalue weighted by atomic mass is 19.1. The lowest BCUT2D eigenvalue weighted by atomic mass is 10.1. The van der Waals surface area contributed by atoms with Crippen LogP contribution in [0.5, 0.6) is 0 Å². The fraction of sp³-hybridized carbons (Fsp3) is 0.0357. The molecule has 34 heavy (non-hydrogen) atoms. The lowest BCUT2D eigenvalue weighted by molar-refractivity contribution is 0.630. The predicted octanol–water partition coefficient (Wildman–Crippen LogP) is 6.39. The summed E-state index contributed by atoms with van der Waals surface area (Å²) in [5.74, 6) is 1.50. The molecule has 6 rings (SSSR count). The first kappa shape index (κ1) is 20.1. The van der Waals surface area contributed by atoms with Crippen molar-refractivity contribution in [3.8, 4) is 17.2 Å². The van der Waals surface area contributed by atoms with Gasteiger partial charge in [-0.05, 0) is 42.0 Å². The maximum atomic E-state index is 14.6. The number of rotatable bonds is 5. The summed E-state index contributed by atoms with van der Waals surface area (Å²) >= 11 is 0. The number of halogens is 1. The fourth-order valence-electron chi connectivity index (χ4n) is 4.18. The van der Waals surface area contributed by atoms with Gasteiger partial charge in [-0.2, -0.15) is 0 Å². The van der Waals surface area contributed by atoms with E-state index in [0.717, 1.165) is 27.6 Å². The lowest BCUT2D eigenvalue weighted by Crippen LogP contribution is -2.03. The Hall–Kier alpha value is -4.58. The van der Waals surface area contributed by atoms with Crippen LogP contribution in [-0.4, -0.2) is 19.5 Å². The van der Waals surface area contributed by atoms with Crippen molar-refractivity contribution in [3.63, 3.8) is 0 Å². The Morgan fingerprint density at radius 1 is 0.765 bits per heavy atom. The molecule has 6 heteroatoms.